The van der Waals surface area contributed by atoms with Crippen LogP contribution in [-0.2, 0) is 4.74 Å². The van der Waals surface area contributed by atoms with Gasteiger partial charge in [-0.3, -0.25) is 4.79 Å². The Bertz CT molecular complexity index is 479. The molecule has 4 heteroatoms. The lowest BCUT2D eigenvalue weighted by Gasteiger charge is -2.29. The first-order valence-corrected chi connectivity index (χ1v) is 7.16. The van der Waals surface area contributed by atoms with Crippen molar-refractivity contribution in [3.8, 4) is 0 Å². The van der Waals surface area contributed by atoms with Crippen molar-refractivity contribution in [3.63, 3.8) is 0 Å². The lowest BCUT2D eigenvalue weighted by atomic mass is 9.98. The predicted octanol–water partition coefficient (Wildman–Crippen LogP) is 1.80. The molecule has 1 aliphatic heterocycles. The standard InChI is InChI=1S/C16H24N2O2/c1-12-5-6-14(13(2)9-12)15(19)17-10-16(11-20-3)7-4-8-18-16/h5-6,9,18H,4,7-8,10-11H2,1-3H3,(H,17,19). The smallest absolute Gasteiger partial charge is 0.251 e. The zero-order valence-electron chi connectivity index (χ0n) is 12.6. The molecule has 1 aromatic carbocycles. The summed E-state index contributed by atoms with van der Waals surface area (Å²) in [6.45, 7) is 6.22. The second kappa shape index (κ2) is 6.37. The Labute approximate surface area is 120 Å². The van der Waals surface area contributed by atoms with E-state index in [0.717, 1.165) is 30.5 Å². The van der Waals surface area contributed by atoms with Crippen LogP contribution in [0.15, 0.2) is 18.2 Å². The van der Waals surface area contributed by atoms with Gasteiger partial charge in [0.2, 0.25) is 0 Å². The number of nitrogens with one attached hydrogen (secondary N) is 2. The number of benzene rings is 1. The fourth-order valence-electron chi connectivity index (χ4n) is 2.88. The first-order valence-electron chi connectivity index (χ1n) is 7.16. The van der Waals surface area contributed by atoms with Crippen LogP contribution < -0.4 is 10.6 Å². The highest BCUT2D eigenvalue weighted by Gasteiger charge is 2.33. The summed E-state index contributed by atoms with van der Waals surface area (Å²) in [6, 6.07) is 5.90. The van der Waals surface area contributed by atoms with Gasteiger partial charge in [0.05, 0.1) is 12.1 Å². The van der Waals surface area contributed by atoms with E-state index in [1.807, 2.05) is 32.0 Å². The number of ether oxygens (including phenoxy) is 1. The topological polar surface area (TPSA) is 50.4 Å². The maximum absolute atomic E-state index is 12.3. The number of carbonyl (C=O) groups is 1. The summed E-state index contributed by atoms with van der Waals surface area (Å²) in [5.41, 5.74) is 2.83. The fraction of sp³-hybridized carbons (Fsp3) is 0.562. The van der Waals surface area contributed by atoms with Gasteiger partial charge in [-0.1, -0.05) is 17.7 Å². The lowest BCUT2D eigenvalue weighted by Crippen LogP contribution is -2.53. The lowest BCUT2D eigenvalue weighted by molar-refractivity contribution is 0.0891. The normalized spacial score (nSPS) is 21.9. The minimum absolute atomic E-state index is 0.00771. The fourth-order valence-corrected chi connectivity index (χ4v) is 2.88. The molecule has 0 aliphatic carbocycles. The zero-order chi connectivity index (χ0) is 14.6. The third kappa shape index (κ3) is 3.38. The maximum atomic E-state index is 12.3. The van der Waals surface area contributed by atoms with Crippen molar-refractivity contribution in [2.24, 2.45) is 0 Å². The van der Waals surface area contributed by atoms with Crippen LogP contribution in [0.3, 0.4) is 0 Å². The molecule has 1 amide bonds. The highest BCUT2D eigenvalue weighted by Crippen LogP contribution is 2.19. The van der Waals surface area contributed by atoms with Crippen molar-refractivity contribution >= 4 is 5.91 Å². The van der Waals surface area contributed by atoms with Crippen molar-refractivity contribution in [1.82, 2.24) is 10.6 Å². The number of methoxy groups -OCH3 is 1. The Morgan fingerprint density at radius 2 is 2.25 bits per heavy atom. The van der Waals surface area contributed by atoms with Crippen LogP contribution in [0.4, 0.5) is 0 Å². The van der Waals surface area contributed by atoms with Crippen LogP contribution in [0.25, 0.3) is 0 Å². The van der Waals surface area contributed by atoms with Gasteiger partial charge in [0.25, 0.3) is 5.91 Å². The average Bonchev–Trinajstić information content (AvgIpc) is 2.85. The molecular formula is C16H24N2O2. The molecule has 2 N–H and O–H groups in total. The molecule has 1 heterocycles. The third-order valence-corrected chi connectivity index (χ3v) is 3.97. The van der Waals surface area contributed by atoms with Gasteiger partial charge in [-0.15, -0.1) is 0 Å². The molecule has 1 aromatic rings. The summed E-state index contributed by atoms with van der Waals surface area (Å²) in [4.78, 5) is 12.3. The third-order valence-electron chi connectivity index (χ3n) is 3.97. The highest BCUT2D eigenvalue weighted by atomic mass is 16.5. The first kappa shape index (κ1) is 15.0. The second-order valence-electron chi connectivity index (χ2n) is 5.74. The number of carbonyl (C=O) groups excluding carboxylic acids is 1. The second-order valence-corrected chi connectivity index (χ2v) is 5.74. The van der Waals surface area contributed by atoms with Gasteiger partial charge in [-0.25, -0.2) is 0 Å². The molecule has 1 atom stereocenters. The van der Waals surface area contributed by atoms with Gasteiger partial charge >= 0.3 is 0 Å². The molecule has 20 heavy (non-hydrogen) atoms. The van der Waals surface area contributed by atoms with Gasteiger partial charge in [0.15, 0.2) is 0 Å². The summed E-state index contributed by atoms with van der Waals surface area (Å²) in [5, 5.41) is 6.51. The van der Waals surface area contributed by atoms with Crippen molar-refractivity contribution in [2.75, 3.05) is 26.8 Å². The predicted molar refractivity (Wildman–Crippen MR) is 80.1 cm³/mol. The number of aryl methyl sites for hydroxylation is 2. The molecular weight excluding hydrogens is 252 g/mol. The van der Waals surface area contributed by atoms with E-state index >= 15 is 0 Å². The van der Waals surface area contributed by atoms with E-state index in [9.17, 15) is 4.79 Å². The Morgan fingerprint density at radius 1 is 1.45 bits per heavy atom. The summed E-state index contributed by atoms with van der Waals surface area (Å²) in [7, 11) is 1.70. The van der Waals surface area contributed by atoms with Gasteiger partial charge < -0.3 is 15.4 Å². The Kier molecular flexibility index (Phi) is 4.78. The van der Waals surface area contributed by atoms with Gasteiger partial charge in [-0.05, 0) is 44.9 Å². The largest absolute Gasteiger partial charge is 0.383 e. The number of hydrogen-bond acceptors (Lipinski definition) is 3. The average molecular weight is 276 g/mol. The van der Waals surface area contributed by atoms with Crippen molar-refractivity contribution in [1.29, 1.82) is 0 Å². The van der Waals surface area contributed by atoms with Crippen LogP contribution in [0.1, 0.15) is 34.3 Å². The van der Waals surface area contributed by atoms with E-state index < -0.39 is 0 Å². The number of hydrogen-bond donors (Lipinski definition) is 2. The van der Waals surface area contributed by atoms with E-state index in [4.69, 9.17) is 4.74 Å². The van der Waals surface area contributed by atoms with E-state index in [2.05, 4.69) is 10.6 Å². The minimum Gasteiger partial charge on any atom is -0.383 e. The molecule has 1 fully saturated rings. The monoisotopic (exact) mass is 276 g/mol. The molecule has 1 saturated heterocycles. The van der Waals surface area contributed by atoms with Gasteiger partial charge in [0, 0.05) is 19.2 Å². The maximum Gasteiger partial charge on any atom is 0.251 e. The molecule has 1 aliphatic rings. The van der Waals surface area contributed by atoms with Crippen molar-refractivity contribution < 1.29 is 9.53 Å². The summed E-state index contributed by atoms with van der Waals surface area (Å²) < 4.78 is 5.29. The SMILES string of the molecule is COCC1(CNC(=O)c2ccc(C)cc2C)CCCN1. The summed E-state index contributed by atoms with van der Waals surface area (Å²) >= 11 is 0. The zero-order valence-corrected chi connectivity index (χ0v) is 12.6. The molecule has 2 rings (SSSR count). The van der Waals surface area contributed by atoms with Gasteiger partial charge in [0.1, 0.15) is 0 Å². The molecule has 0 bridgehead atoms. The van der Waals surface area contributed by atoms with Crippen LogP contribution in [0.5, 0.6) is 0 Å². The van der Waals surface area contributed by atoms with Crippen LogP contribution in [0.2, 0.25) is 0 Å². The quantitative estimate of drug-likeness (QED) is 0.862. The first-order chi connectivity index (χ1) is 9.56. The van der Waals surface area contributed by atoms with Crippen LogP contribution in [-0.4, -0.2) is 38.3 Å². The molecule has 4 nitrogen and oxygen atoms in total. The summed E-state index contributed by atoms with van der Waals surface area (Å²) in [5.74, 6) is -0.00771. The van der Waals surface area contributed by atoms with E-state index in [1.165, 1.54) is 5.56 Å². The Morgan fingerprint density at radius 3 is 2.85 bits per heavy atom. The molecule has 0 aromatic heterocycles. The molecule has 0 spiro atoms. The minimum atomic E-state index is -0.108. The molecule has 0 saturated carbocycles. The Balaban J connectivity index is 2.00. The molecule has 0 radical (unpaired) electrons. The number of amides is 1. The van der Waals surface area contributed by atoms with Crippen molar-refractivity contribution in [2.45, 2.75) is 32.2 Å². The molecule has 1 unspecified atom stereocenters. The van der Waals surface area contributed by atoms with Crippen LogP contribution >= 0.6 is 0 Å². The van der Waals surface area contributed by atoms with E-state index in [0.29, 0.717) is 13.2 Å². The molecule has 110 valence electrons. The highest BCUT2D eigenvalue weighted by molar-refractivity contribution is 5.95. The van der Waals surface area contributed by atoms with E-state index in [1.54, 1.807) is 7.11 Å². The Hall–Kier alpha value is -1.39. The summed E-state index contributed by atoms with van der Waals surface area (Å²) in [6.07, 6.45) is 2.16. The van der Waals surface area contributed by atoms with Gasteiger partial charge in [-0.2, -0.15) is 0 Å². The number of rotatable bonds is 5. The van der Waals surface area contributed by atoms with E-state index in [-0.39, 0.29) is 11.4 Å². The van der Waals surface area contributed by atoms with Crippen molar-refractivity contribution in [3.05, 3.63) is 34.9 Å². The van der Waals surface area contributed by atoms with Crippen LogP contribution in [0, 0.1) is 13.8 Å².